The third kappa shape index (κ3) is 6.23. The van der Waals surface area contributed by atoms with Crippen molar-refractivity contribution in [3.63, 3.8) is 0 Å². The van der Waals surface area contributed by atoms with E-state index < -0.39 is 0 Å². The van der Waals surface area contributed by atoms with Crippen molar-refractivity contribution in [2.75, 3.05) is 39.2 Å². The van der Waals surface area contributed by atoms with Crippen LogP contribution in [-0.2, 0) is 16.1 Å². The lowest BCUT2D eigenvalue weighted by Gasteiger charge is -2.36. The molecular weight excluding hydrogens is 456 g/mol. The van der Waals surface area contributed by atoms with E-state index >= 15 is 0 Å². The van der Waals surface area contributed by atoms with Crippen LogP contribution in [0, 0.1) is 11.8 Å². The van der Waals surface area contributed by atoms with E-state index in [0.717, 1.165) is 31.5 Å². The monoisotopic (exact) mass is 494 g/mol. The number of fused-ring (bicyclic) bond motifs is 1. The molecule has 194 valence electrons. The van der Waals surface area contributed by atoms with E-state index in [-0.39, 0.29) is 35.8 Å². The lowest BCUT2D eigenvalue weighted by atomic mass is 9.85. The zero-order valence-electron chi connectivity index (χ0n) is 21.8. The Bertz CT molecular complexity index is 1040. The van der Waals surface area contributed by atoms with Crippen LogP contribution in [-0.4, -0.2) is 72.6 Å². The molecule has 8 nitrogen and oxygen atoms in total. The van der Waals surface area contributed by atoms with Gasteiger partial charge in [-0.2, -0.15) is 0 Å². The van der Waals surface area contributed by atoms with Crippen molar-refractivity contribution < 1.29 is 19.1 Å². The van der Waals surface area contributed by atoms with E-state index in [2.05, 4.69) is 29.0 Å². The average molecular weight is 495 g/mol. The number of rotatable bonds is 5. The molecule has 1 fully saturated rings. The van der Waals surface area contributed by atoms with Crippen molar-refractivity contribution >= 4 is 17.5 Å². The van der Waals surface area contributed by atoms with Crippen molar-refractivity contribution in [3.05, 3.63) is 53.9 Å². The Morgan fingerprint density at radius 3 is 2.67 bits per heavy atom. The molecule has 1 aliphatic carbocycles. The highest BCUT2D eigenvalue weighted by Gasteiger charge is 2.29. The first kappa shape index (κ1) is 26.1. The van der Waals surface area contributed by atoms with Crippen LogP contribution in [0.25, 0.3) is 0 Å². The number of aromatic nitrogens is 1. The minimum Gasteiger partial charge on any atom is -0.491 e. The summed E-state index contributed by atoms with van der Waals surface area (Å²) in [6.45, 7) is 6.61. The second-order valence-corrected chi connectivity index (χ2v) is 10.2. The highest BCUT2D eigenvalue weighted by Crippen LogP contribution is 2.30. The van der Waals surface area contributed by atoms with Crippen LogP contribution in [0.3, 0.4) is 0 Å². The van der Waals surface area contributed by atoms with Crippen molar-refractivity contribution in [2.45, 2.75) is 51.8 Å². The zero-order chi connectivity index (χ0) is 25.7. The Hall–Kier alpha value is -2.97. The van der Waals surface area contributed by atoms with Crippen LogP contribution in [0.15, 0.2) is 42.6 Å². The number of nitrogens with one attached hydrogen (secondary N) is 1. The zero-order valence-corrected chi connectivity index (χ0v) is 21.8. The first-order valence-corrected chi connectivity index (χ1v) is 12.9. The van der Waals surface area contributed by atoms with E-state index in [4.69, 9.17) is 9.47 Å². The molecule has 3 atom stereocenters. The topological polar surface area (TPSA) is 84.0 Å². The summed E-state index contributed by atoms with van der Waals surface area (Å²) in [7, 11) is 3.48. The largest absolute Gasteiger partial charge is 0.491 e. The minimum absolute atomic E-state index is 0.0168. The van der Waals surface area contributed by atoms with Crippen LogP contribution >= 0.6 is 0 Å². The van der Waals surface area contributed by atoms with E-state index in [0.29, 0.717) is 36.7 Å². The van der Waals surface area contributed by atoms with E-state index in [1.54, 1.807) is 31.2 Å². The van der Waals surface area contributed by atoms with Gasteiger partial charge in [0.15, 0.2) is 0 Å². The summed E-state index contributed by atoms with van der Waals surface area (Å²) in [5.74, 6) is 0.611. The van der Waals surface area contributed by atoms with Gasteiger partial charge < -0.3 is 19.7 Å². The van der Waals surface area contributed by atoms with E-state index in [9.17, 15) is 9.59 Å². The van der Waals surface area contributed by atoms with Gasteiger partial charge in [0.05, 0.1) is 17.4 Å². The Morgan fingerprint density at radius 1 is 1.19 bits per heavy atom. The Kier molecular flexibility index (Phi) is 8.59. The molecule has 1 aromatic heterocycles. The van der Waals surface area contributed by atoms with Crippen molar-refractivity contribution in [1.82, 2.24) is 14.8 Å². The second kappa shape index (κ2) is 11.8. The molecule has 2 amide bonds. The third-order valence-electron chi connectivity index (χ3n) is 7.41. The molecule has 0 saturated heterocycles. The Morgan fingerprint density at radius 2 is 2.00 bits per heavy atom. The molecule has 1 saturated carbocycles. The fourth-order valence-corrected chi connectivity index (χ4v) is 4.76. The second-order valence-electron chi connectivity index (χ2n) is 10.2. The number of carbonyl (C=O) groups is 2. The maximum atomic E-state index is 13.5. The molecule has 8 heteroatoms. The molecule has 0 spiro atoms. The first-order valence-electron chi connectivity index (χ1n) is 12.9. The lowest BCUT2D eigenvalue weighted by molar-refractivity contribution is -0.122. The normalized spacial score (nSPS) is 24.1. The smallest absolute Gasteiger partial charge is 0.257 e. The minimum atomic E-state index is -0.155. The molecule has 0 unspecified atom stereocenters. The highest BCUT2D eigenvalue weighted by atomic mass is 16.5. The summed E-state index contributed by atoms with van der Waals surface area (Å²) in [4.78, 5) is 34.6. The molecule has 1 aliphatic heterocycles. The number of pyridine rings is 1. The number of hydrogen-bond acceptors (Lipinski definition) is 6. The molecule has 4 rings (SSSR count). The van der Waals surface area contributed by atoms with Crippen LogP contribution in [0.4, 0.5) is 5.69 Å². The van der Waals surface area contributed by atoms with Crippen LogP contribution in [0.2, 0.25) is 0 Å². The summed E-state index contributed by atoms with van der Waals surface area (Å²) in [5, 5.41) is 2.98. The summed E-state index contributed by atoms with van der Waals surface area (Å²) in [6.07, 6.45) is 4.61. The maximum Gasteiger partial charge on any atom is 0.257 e. The highest BCUT2D eigenvalue weighted by molar-refractivity contribution is 6.00. The summed E-state index contributed by atoms with van der Waals surface area (Å²) >= 11 is 0. The summed E-state index contributed by atoms with van der Waals surface area (Å²) < 4.78 is 12.1. The number of anilines is 1. The van der Waals surface area contributed by atoms with Crippen molar-refractivity contribution in [2.24, 2.45) is 11.8 Å². The molecule has 0 bridgehead atoms. The van der Waals surface area contributed by atoms with Gasteiger partial charge in [-0.25, -0.2) is 0 Å². The van der Waals surface area contributed by atoms with Crippen LogP contribution < -0.4 is 10.1 Å². The quantitative estimate of drug-likeness (QED) is 0.680. The molecule has 0 radical (unpaired) electrons. The first-order chi connectivity index (χ1) is 17.4. The summed E-state index contributed by atoms with van der Waals surface area (Å²) in [5.41, 5.74) is 2.05. The molecule has 2 aliphatic rings. The predicted octanol–water partition coefficient (Wildman–Crippen LogP) is 3.83. The van der Waals surface area contributed by atoms with Gasteiger partial charge in [0.25, 0.3) is 5.91 Å². The van der Waals surface area contributed by atoms with E-state index in [1.807, 2.05) is 30.5 Å². The molecule has 36 heavy (non-hydrogen) atoms. The molecule has 1 aromatic carbocycles. The van der Waals surface area contributed by atoms with E-state index in [1.165, 1.54) is 0 Å². The number of likely N-dealkylation sites (N-methyl/N-ethyl adjacent to an activating group) is 1. The molecule has 2 heterocycles. The van der Waals surface area contributed by atoms with Gasteiger partial charge in [0.1, 0.15) is 12.4 Å². The molecule has 2 aromatic rings. The number of amides is 2. The fraction of sp³-hybridized carbons (Fsp3) is 0.536. The third-order valence-corrected chi connectivity index (χ3v) is 7.41. The SMILES string of the molecule is CO[C@H]1CN(C)C(=O)c2cc(NC(=O)C3CCC3)ccc2OC[C@@H](C)N(Cc2ccccn2)C[C@@H]1C. The molecular formula is C28H38N4O4. The van der Waals surface area contributed by atoms with Gasteiger partial charge in [0.2, 0.25) is 5.91 Å². The van der Waals surface area contributed by atoms with Gasteiger partial charge in [-0.1, -0.05) is 19.4 Å². The fourth-order valence-electron chi connectivity index (χ4n) is 4.76. The van der Waals surface area contributed by atoms with Crippen molar-refractivity contribution in [3.8, 4) is 5.75 Å². The summed E-state index contributed by atoms with van der Waals surface area (Å²) in [6, 6.07) is 11.4. The van der Waals surface area contributed by atoms with Gasteiger partial charge in [-0.05, 0) is 56.0 Å². The number of carbonyl (C=O) groups excluding carboxylic acids is 2. The number of methoxy groups -OCH3 is 1. The number of nitrogens with zero attached hydrogens (tertiary/aromatic N) is 3. The maximum absolute atomic E-state index is 13.5. The van der Waals surface area contributed by atoms with Gasteiger partial charge in [-0.3, -0.25) is 19.5 Å². The van der Waals surface area contributed by atoms with Gasteiger partial charge >= 0.3 is 0 Å². The average Bonchev–Trinajstić information content (AvgIpc) is 2.84. The predicted molar refractivity (Wildman–Crippen MR) is 139 cm³/mol. The van der Waals surface area contributed by atoms with Gasteiger partial charge in [0, 0.05) is 57.6 Å². The molecule has 1 N–H and O–H groups in total. The van der Waals surface area contributed by atoms with Crippen LogP contribution in [0.1, 0.15) is 49.2 Å². The standard InChI is InChI=1S/C28H38N4O4/c1-19-15-32(16-23-10-5-6-13-29-23)20(2)18-36-25-12-11-22(30-27(33)21-8-7-9-21)14-24(25)28(34)31(3)17-26(19)35-4/h5-6,10-14,19-21,26H,7-9,15-18H2,1-4H3,(H,30,33)/t19-,20+,26-/m0/s1. The van der Waals surface area contributed by atoms with Crippen LogP contribution in [0.5, 0.6) is 5.75 Å². The lowest BCUT2D eigenvalue weighted by Crippen LogP contribution is -2.46. The Balaban J connectivity index is 1.60. The number of ether oxygens (including phenoxy) is 2. The number of hydrogen-bond donors (Lipinski definition) is 1. The van der Waals surface area contributed by atoms with Crippen molar-refractivity contribution in [1.29, 1.82) is 0 Å². The van der Waals surface area contributed by atoms with Gasteiger partial charge in [-0.15, -0.1) is 0 Å². The Labute approximate surface area is 214 Å². The number of benzene rings is 1.